The van der Waals surface area contributed by atoms with E-state index in [0.29, 0.717) is 29.1 Å². The number of aromatic nitrogens is 1. The standard InChI is InChI=1S/C23H28BrF3N4O4/c1-22(2,3)35-21(33)30(4)16-9-10-31(13-16)19-18(24)11-14(12-28-19)20(32)29-15-5-7-17(8-6-15)34-23(25,26)27/h5-8,11-12,16,21,33H,9-10,13H2,1-4H3,(H,29,32). The number of rotatable bonds is 7. The van der Waals surface area contributed by atoms with Gasteiger partial charge < -0.3 is 24.8 Å². The van der Waals surface area contributed by atoms with Gasteiger partial charge in [-0.25, -0.2) is 4.98 Å². The van der Waals surface area contributed by atoms with E-state index < -0.39 is 24.3 Å². The van der Waals surface area contributed by atoms with Crippen LogP contribution in [-0.2, 0) is 4.74 Å². The highest BCUT2D eigenvalue weighted by Gasteiger charge is 2.33. The second-order valence-corrected chi connectivity index (χ2v) is 10.0. The molecule has 1 saturated heterocycles. The van der Waals surface area contributed by atoms with Gasteiger partial charge in [-0.15, -0.1) is 13.2 Å². The third-order valence-corrected chi connectivity index (χ3v) is 5.86. The zero-order valence-electron chi connectivity index (χ0n) is 19.8. The van der Waals surface area contributed by atoms with Crippen LogP contribution in [0.25, 0.3) is 0 Å². The molecular formula is C23H28BrF3N4O4. The Morgan fingerprint density at radius 2 is 1.94 bits per heavy atom. The van der Waals surface area contributed by atoms with Crippen molar-refractivity contribution in [2.45, 2.75) is 51.6 Å². The highest BCUT2D eigenvalue weighted by Crippen LogP contribution is 2.30. The maximum atomic E-state index is 12.6. The van der Waals surface area contributed by atoms with E-state index in [2.05, 4.69) is 35.9 Å². The Morgan fingerprint density at radius 1 is 1.29 bits per heavy atom. The van der Waals surface area contributed by atoms with Crippen LogP contribution in [0.3, 0.4) is 0 Å². The maximum absolute atomic E-state index is 12.6. The van der Waals surface area contributed by atoms with Crippen molar-refractivity contribution >= 4 is 33.3 Å². The van der Waals surface area contributed by atoms with E-state index in [1.54, 1.807) is 11.0 Å². The molecule has 2 N–H and O–H groups in total. The van der Waals surface area contributed by atoms with Crippen molar-refractivity contribution in [3.63, 3.8) is 0 Å². The molecule has 3 rings (SSSR count). The number of halogens is 4. The van der Waals surface area contributed by atoms with E-state index in [1.165, 1.54) is 18.3 Å². The van der Waals surface area contributed by atoms with E-state index in [9.17, 15) is 23.1 Å². The molecule has 0 bridgehead atoms. The number of hydrogen-bond donors (Lipinski definition) is 2. The molecule has 2 heterocycles. The maximum Gasteiger partial charge on any atom is 0.573 e. The molecule has 1 aromatic carbocycles. The van der Waals surface area contributed by atoms with E-state index in [0.717, 1.165) is 18.6 Å². The quantitative estimate of drug-likeness (QED) is 0.478. The predicted octanol–water partition coefficient (Wildman–Crippen LogP) is 4.60. The normalized spacial score (nSPS) is 17.5. The molecule has 1 aromatic heterocycles. The van der Waals surface area contributed by atoms with Crippen LogP contribution in [0.15, 0.2) is 41.0 Å². The summed E-state index contributed by atoms with van der Waals surface area (Å²) in [5.74, 6) is -0.177. The summed E-state index contributed by atoms with van der Waals surface area (Å²) in [6.45, 7) is 6.95. The molecule has 0 aliphatic carbocycles. The van der Waals surface area contributed by atoms with Crippen molar-refractivity contribution in [1.29, 1.82) is 0 Å². The Hall–Kier alpha value is -2.41. The average Bonchev–Trinajstić information content (AvgIpc) is 3.22. The Labute approximate surface area is 210 Å². The molecule has 1 amide bonds. The number of aliphatic hydroxyl groups excluding tert-OH is 1. The van der Waals surface area contributed by atoms with Crippen molar-refractivity contribution in [3.8, 4) is 5.75 Å². The number of pyridine rings is 1. The Bertz CT molecular complexity index is 1030. The minimum Gasteiger partial charge on any atom is -0.406 e. The second kappa shape index (κ2) is 10.7. The molecule has 2 aromatic rings. The molecule has 1 aliphatic rings. The van der Waals surface area contributed by atoms with Crippen LogP contribution in [0.4, 0.5) is 24.7 Å². The summed E-state index contributed by atoms with van der Waals surface area (Å²) in [6.07, 6.45) is -3.58. The fourth-order valence-electron chi connectivity index (χ4n) is 3.58. The minimum atomic E-state index is -4.78. The Morgan fingerprint density at radius 3 is 2.51 bits per heavy atom. The highest BCUT2D eigenvalue weighted by molar-refractivity contribution is 9.10. The number of anilines is 2. The number of aliphatic hydroxyl groups is 1. The van der Waals surface area contributed by atoms with Gasteiger partial charge in [-0.3, -0.25) is 9.69 Å². The lowest BCUT2D eigenvalue weighted by Gasteiger charge is -2.33. The molecule has 1 aliphatic heterocycles. The summed E-state index contributed by atoms with van der Waals surface area (Å²) in [6, 6.07) is 6.54. The summed E-state index contributed by atoms with van der Waals surface area (Å²) in [5.41, 5.74) is 0.107. The number of carbonyl (C=O) groups excluding carboxylic acids is 1. The van der Waals surface area contributed by atoms with E-state index in [4.69, 9.17) is 4.74 Å². The summed E-state index contributed by atoms with van der Waals surface area (Å²) in [4.78, 5) is 20.9. The molecule has 2 atom stereocenters. The average molecular weight is 561 g/mol. The number of carbonyl (C=O) groups is 1. The van der Waals surface area contributed by atoms with Crippen molar-refractivity contribution in [3.05, 3.63) is 46.6 Å². The fraction of sp³-hybridized carbons (Fsp3) is 0.478. The largest absolute Gasteiger partial charge is 0.573 e. The highest BCUT2D eigenvalue weighted by atomic mass is 79.9. The number of likely N-dealkylation sites (N-methyl/N-ethyl adjacent to an activating group) is 1. The first-order chi connectivity index (χ1) is 16.2. The summed E-state index contributed by atoms with van der Waals surface area (Å²) in [7, 11) is 1.81. The van der Waals surface area contributed by atoms with Crippen LogP contribution >= 0.6 is 15.9 Å². The molecule has 0 spiro atoms. The monoisotopic (exact) mass is 560 g/mol. The van der Waals surface area contributed by atoms with Gasteiger partial charge in [0.2, 0.25) is 6.41 Å². The number of benzene rings is 1. The zero-order valence-corrected chi connectivity index (χ0v) is 21.4. The van der Waals surface area contributed by atoms with Gasteiger partial charge in [-0.2, -0.15) is 0 Å². The number of alkyl halides is 3. The van der Waals surface area contributed by atoms with Gasteiger partial charge in [0.1, 0.15) is 11.6 Å². The van der Waals surface area contributed by atoms with Crippen LogP contribution < -0.4 is 15.0 Å². The Balaban J connectivity index is 1.61. The number of nitrogens with zero attached hydrogens (tertiary/aromatic N) is 3. The topological polar surface area (TPSA) is 87.2 Å². The van der Waals surface area contributed by atoms with Crippen LogP contribution in [0.5, 0.6) is 5.75 Å². The zero-order chi connectivity index (χ0) is 26.0. The number of nitrogens with one attached hydrogen (secondary N) is 1. The first-order valence-electron chi connectivity index (χ1n) is 10.9. The molecule has 35 heavy (non-hydrogen) atoms. The van der Waals surface area contributed by atoms with Crippen LogP contribution in [-0.4, -0.2) is 65.5 Å². The van der Waals surface area contributed by atoms with Crippen molar-refractivity contribution in [1.82, 2.24) is 9.88 Å². The van der Waals surface area contributed by atoms with Gasteiger partial charge in [0.05, 0.1) is 15.6 Å². The first-order valence-corrected chi connectivity index (χ1v) is 11.7. The lowest BCUT2D eigenvalue weighted by Crippen LogP contribution is -2.46. The third kappa shape index (κ3) is 7.79. The van der Waals surface area contributed by atoms with Gasteiger partial charge in [0.25, 0.3) is 5.91 Å². The predicted molar refractivity (Wildman–Crippen MR) is 128 cm³/mol. The van der Waals surface area contributed by atoms with Gasteiger partial charge in [-0.1, -0.05) is 0 Å². The molecular weight excluding hydrogens is 533 g/mol. The van der Waals surface area contributed by atoms with E-state index in [1.807, 2.05) is 27.8 Å². The summed E-state index contributed by atoms with van der Waals surface area (Å²) < 4.78 is 46.9. The first kappa shape index (κ1) is 27.2. The van der Waals surface area contributed by atoms with Crippen LogP contribution in [0, 0.1) is 0 Å². The van der Waals surface area contributed by atoms with E-state index >= 15 is 0 Å². The third-order valence-electron chi connectivity index (χ3n) is 5.28. The van der Waals surface area contributed by atoms with E-state index in [-0.39, 0.29) is 17.4 Å². The molecule has 2 unspecified atom stereocenters. The SMILES string of the molecule is CN(C1CCN(c2ncc(C(=O)Nc3ccc(OC(F)(F)F)cc3)cc2Br)C1)C(O)OC(C)(C)C. The molecule has 0 saturated carbocycles. The van der Waals surface area contributed by atoms with Gasteiger partial charge in [0, 0.05) is 31.0 Å². The van der Waals surface area contributed by atoms with Crippen LogP contribution in [0.1, 0.15) is 37.6 Å². The van der Waals surface area contributed by atoms with Gasteiger partial charge in [0.15, 0.2) is 0 Å². The lowest BCUT2D eigenvalue weighted by molar-refractivity contribution is -0.274. The van der Waals surface area contributed by atoms with Crippen LogP contribution in [0.2, 0.25) is 0 Å². The number of ether oxygens (including phenoxy) is 2. The smallest absolute Gasteiger partial charge is 0.406 e. The molecule has 0 radical (unpaired) electrons. The fourth-order valence-corrected chi connectivity index (χ4v) is 4.18. The van der Waals surface area contributed by atoms with Crippen molar-refractivity contribution in [2.75, 3.05) is 30.4 Å². The number of amides is 1. The minimum absolute atomic E-state index is 0.0494. The number of hydrogen-bond acceptors (Lipinski definition) is 7. The lowest BCUT2D eigenvalue weighted by atomic mass is 10.2. The molecule has 12 heteroatoms. The molecule has 8 nitrogen and oxygen atoms in total. The summed E-state index contributed by atoms with van der Waals surface area (Å²) in [5, 5.41) is 13.0. The molecule has 192 valence electrons. The van der Waals surface area contributed by atoms with Crippen molar-refractivity contribution in [2.24, 2.45) is 0 Å². The molecule has 1 fully saturated rings. The summed E-state index contributed by atoms with van der Waals surface area (Å²) >= 11 is 3.48. The second-order valence-electron chi connectivity index (χ2n) is 9.17. The van der Waals surface area contributed by atoms with Gasteiger partial charge in [-0.05, 0) is 80.5 Å². The van der Waals surface area contributed by atoms with Crippen molar-refractivity contribution < 1.29 is 32.5 Å². The Kier molecular flexibility index (Phi) is 8.30. The van der Waals surface area contributed by atoms with Gasteiger partial charge >= 0.3 is 6.36 Å².